The van der Waals surface area contributed by atoms with Gasteiger partial charge in [-0.2, -0.15) is 0 Å². The second-order valence-corrected chi connectivity index (χ2v) is 7.90. The summed E-state index contributed by atoms with van der Waals surface area (Å²) in [6.45, 7) is 0. The van der Waals surface area contributed by atoms with Crippen LogP contribution in [0.5, 0.6) is 0 Å². The third-order valence-corrected chi connectivity index (χ3v) is 5.91. The number of para-hydroxylation sites is 3. The van der Waals surface area contributed by atoms with E-state index in [4.69, 9.17) is 16.4 Å². The van der Waals surface area contributed by atoms with Crippen molar-refractivity contribution in [1.82, 2.24) is 0 Å². The van der Waals surface area contributed by atoms with E-state index >= 15 is 0 Å². The summed E-state index contributed by atoms with van der Waals surface area (Å²) in [4.78, 5) is 44.6. The molecule has 2 saturated heterocycles. The normalized spacial score (nSPS) is 22.3. The lowest BCUT2D eigenvalue weighted by Crippen LogP contribution is -2.37. The zero-order valence-electron chi connectivity index (χ0n) is 16.5. The Morgan fingerprint density at radius 1 is 0.875 bits per heavy atom. The Morgan fingerprint density at radius 2 is 1.53 bits per heavy atom. The van der Waals surface area contributed by atoms with E-state index in [9.17, 15) is 19.7 Å². The molecular formula is C23H16ClN3O5. The predicted molar refractivity (Wildman–Crippen MR) is 117 cm³/mol. The van der Waals surface area contributed by atoms with E-state index in [-0.39, 0.29) is 11.4 Å². The topological polar surface area (TPSA) is 93.0 Å². The number of nitro benzene ring substituents is 1. The monoisotopic (exact) mass is 449 g/mol. The van der Waals surface area contributed by atoms with Gasteiger partial charge in [-0.25, -0.2) is 9.96 Å². The van der Waals surface area contributed by atoms with Gasteiger partial charge in [-0.3, -0.25) is 24.5 Å². The van der Waals surface area contributed by atoms with Crippen LogP contribution in [-0.4, -0.2) is 22.8 Å². The first-order chi connectivity index (χ1) is 15.5. The van der Waals surface area contributed by atoms with Gasteiger partial charge in [0.05, 0.1) is 16.7 Å². The van der Waals surface area contributed by atoms with Gasteiger partial charge in [0, 0.05) is 11.1 Å². The lowest BCUT2D eigenvalue weighted by molar-refractivity contribution is -0.384. The first kappa shape index (κ1) is 20.2. The van der Waals surface area contributed by atoms with Crippen LogP contribution in [0.4, 0.5) is 17.1 Å². The fourth-order valence-electron chi connectivity index (χ4n) is 4.26. The quantitative estimate of drug-likeness (QED) is 0.335. The molecule has 3 atom stereocenters. The van der Waals surface area contributed by atoms with Crippen molar-refractivity contribution in [3.05, 3.63) is 99.6 Å². The summed E-state index contributed by atoms with van der Waals surface area (Å²) in [5.74, 6) is -2.07. The van der Waals surface area contributed by atoms with E-state index in [1.165, 1.54) is 18.2 Å². The van der Waals surface area contributed by atoms with E-state index in [0.29, 0.717) is 10.7 Å². The third-order valence-electron chi connectivity index (χ3n) is 5.66. The van der Waals surface area contributed by atoms with Crippen LogP contribution >= 0.6 is 11.6 Å². The van der Waals surface area contributed by atoms with Gasteiger partial charge in [-0.05, 0) is 35.9 Å². The molecule has 0 unspecified atom stereocenters. The van der Waals surface area contributed by atoms with E-state index < -0.39 is 34.8 Å². The number of imide groups is 1. The summed E-state index contributed by atoms with van der Waals surface area (Å²) >= 11 is 6.05. The van der Waals surface area contributed by atoms with Crippen LogP contribution in [0.25, 0.3) is 0 Å². The predicted octanol–water partition coefficient (Wildman–Crippen LogP) is 4.30. The number of rotatable bonds is 4. The number of nitrogens with zero attached hydrogens (tertiary/aromatic N) is 3. The number of carbonyl (C=O) groups excluding carboxylic acids is 2. The maximum Gasteiger partial charge on any atom is 0.293 e. The van der Waals surface area contributed by atoms with Crippen molar-refractivity contribution in [2.45, 2.75) is 12.1 Å². The number of hydrogen-bond acceptors (Lipinski definition) is 6. The summed E-state index contributed by atoms with van der Waals surface area (Å²) in [6, 6.07) is 21.2. The molecule has 0 spiro atoms. The van der Waals surface area contributed by atoms with Crippen molar-refractivity contribution in [3.8, 4) is 0 Å². The SMILES string of the molecule is O=C1[C@@H]2[C@@H](c3ccc(Cl)cc3)N(c3ccccc3)O[C@H]2C(=O)N1c1ccccc1[N+](=O)[O-]. The van der Waals surface area contributed by atoms with Gasteiger partial charge in [-0.15, -0.1) is 0 Å². The minimum atomic E-state index is -1.11. The number of amides is 2. The largest absolute Gasteiger partial charge is 0.293 e. The molecule has 3 aromatic rings. The fourth-order valence-corrected chi connectivity index (χ4v) is 4.38. The summed E-state index contributed by atoms with van der Waals surface area (Å²) < 4.78 is 0. The third kappa shape index (κ3) is 3.12. The highest BCUT2D eigenvalue weighted by molar-refractivity contribution is 6.30. The van der Waals surface area contributed by atoms with E-state index in [2.05, 4.69) is 0 Å². The Morgan fingerprint density at radius 3 is 2.22 bits per heavy atom. The smallest absolute Gasteiger partial charge is 0.273 e. The highest BCUT2D eigenvalue weighted by Crippen LogP contribution is 2.48. The molecule has 3 aromatic carbocycles. The van der Waals surface area contributed by atoms with Crippen LogP contribution in [0.3, 0.4) is 0 Å². The number of hydrogen-bond donors (Lipinski definition) is 0. The first-order valence-electron chi connectivity index (χ1n) is 9.85. The summed E-state index contributed by atoms with van der Waals surface area (Å²) in [5, 5.41) is 13.6. The molecule has 0 N–H and O–H groups in total. The van der Waals surface area contributed by atoms with Gasteiger partial charge in [0.2, 0.25) is 5.91 Å². The van der Waals surface area contributed by atoms with Gasteiger partial charge in [0.25, 0.3) is 11.6 Å². The molecule has 0 radical (unpaired) electrons. The summed E-state index contributed by atoms with van der Waals surface area (Å²) in [6.07, 6.45) is -1.11. The molecule has 2 fully saturated rings. The standard InChI is InChI=1S/C23H16ClN3O5/c24-15-12-10-14(11-13-15)20-19-21(32-26(20)16-6-2-1-3-7-16)23(29)25(22(19)28)17-8-4-5-9-18(17)27(30)31/h1-13,19-21H/t19-,20-,21-/m1/s1. The lowest BCUT2D eigenvalue weighted by atomic mass is 9.90. The van der Waals surface area contributed by atoms with E-state index in [1.54, 1.807) is 35.4 Å². The molecule has 2 amide bonds. The van der Waals surface area contributed by atoms with E-state index in [0.717, 1.165) is 10.5 Å². The lowest BCUT2D eigenvalue weighted by Gasteiger charge is -2.28. The van der Waals surface area contributed by atoms with Crippen molar-refractivity contribution in [1.29, 1.82) is 0 Å². The van der Waals surface area contributed by atoms with Gasteiger partial charge in [0.15, 0.2) is 6.10 Å². The van der Waals surface area contributed by atoms with Crippen LogP contribution in [0, 0.1) is 16.0 Å². The molecule has 0 aromatic heterocycles. The van der Waals surface area contributed by atoms with Gasteiger partial charge < -0.3 is 0 Å². The molecule has 5 rings (SSSR count). The number of nitro groups is 1. The molecule has 2 heterocycles. The highest BCUT2D eigenvalue weighted by atomic mass is 35.5. The number of hydroxylamine groups is 1. The van der Waals surface area contributed by atoms with Gasteiger partial charge in [0.1, 0.15) is 11.6 Å². The van der Waals surface area contributed by atoms with Crippen LogP contribution in [0.1, 0.15) is 11.6 Å². The second kappa shape index (κ2) is 7.74. The Labute approximate surface area is 187 Å². The Balaban J connectivity index is 1.60. The molecule has 9 heteroatoms. The number of halogens is 1. The average Bonchev–Trinajstić information content (AvgIpc) is 3.31. The Hall–Kier alpha value is -3.75. The number of anilines is 2. The number of carbonyl (C=O) groups is 2. The summed E-state index contributed by atoms with van der Waals surface area (Å²) in [7, 11) is 0. The van der Waals surface area contributed by atoms with Crippen molar-refractivity contribution in [2.75, 3.05) is 9.96 Å². The van der Waals surface area contributed by atoms with Crippen molar-refractivity contribution in [3.63, 3.8) is 0 Å². The van der Waals surface area contributed by atoms with Crippen molar-refractivity contribution in [2.24, 2.45) is 5.92 Å². The van der Waals surface area contributed by atoms with Crippen LogP contribution in [-0.2, 0) is 14.4 Å². The van der Waals surface area contributed by atoms with E-state index in [1.807, 2.05) is 30.3 Å². The molecule has 8 nitrogen and oxygen atoms in total. The van der Waals surface area contributed by atoms with Crippen LogP contribution < -0.4 is 9.96 Å². The van der Waals surface area contributed by atoms with Gasteiger partial charge >= 0.3 is 0 Å². The average molecular weight is 450 g/mol. The van der Waals surface area contributed by atoms with Crippen LogP contribution in [0.15, 0.2) is 78.9 Å². The molecule has 32 heavy (non-hydrogen) atoms. The second-order valence-electron chi connectivity index (χ2n) is 7.47. The maximum absolute atomic E-state index is 13.5. The molecule has 2 aliphatic rings. The number of fused-ring (bicyclic) bond motifs is 1. The number of benzene rings is 3. The highest BCUT2D eigenvalue weighted by Gasteiger charge is 2.61. The Kier molecular flexibility index (Phi) is 4.88. The maximum atomic E-state index is 13.5. The molecule has 0 saturated carbocycles. The molecule has 0 aliphatic carbocycles. The molecule has 0 bridgehead atoms. The van der Waals surface area contributed by atoms with Gasteiger partial charge in [-0.1, -0.05) is 54.1 Å². The van der Waals surface area contributed by atoms with Crippen LogP contribution in [0.2, 0.25) is 5.02 Å². The summed E-state index contributed by atoms with van der Waals surface area (Å²) in [5.41, 5.74) is 1.03. The molecule has 2 aliphatic heterocycles. The Bertz CT molecular complexity index is 1220. The van der Waals surface area contributed by atoms with Crippen molar-refractivity contribution >= 4 is 40.5 Å². The molecular weight excluding hydrogens is 434 g/mol. The fraction of sp³-hybridized carbons (Fsp3) is 0.130. The zero-order chi connectivity index (χ0) is 22.4. The first-order valence-corrected chi connectivity index (χ1v) is 10.2. The molecule has 160 valence electrons. The zero-order valence-corrected chi connectivity index (χ0v) is 17.3. The van der Waals surface area contributed by atoms with Crippen molar-refractivity contribution < 1.29 is 19.3 Å². The minimum absolute atomic E-state index is 0.0633. The minimum Gasteiger partial charge on any atom is -0.273 e.